The molecule has 0 saturated heterocycles. The summed E-state index contributed by atoms with van der Waals surface area (Å²) in [5, 5.41) is 9.44. The Balaban J connectivity index is 1.64. The molecule has 0 aromatic carbocycles. The Morgan fingerprint density at radius 2 is 1.57 bits per heavy atom. The normalized spacial score (nSPS) is 46.0. The highest BCUT2D eigenvalue weighted by atomic mass is 16.7. The van der Waals surface area contributed by atoms with Crippen molar-refractivity contribution < 1.29 is 24.1 Å². The van der Waals surface area contributed by atoms with Gasteiger partial charge in [-0.05, 0) is 110 Å². The summed E-state index contributed by atoms with van der Waals surface area (Å²) in [4.78, 5) is 0. The molecule has 0 spiro atoms. The Labute approximate surface area is 215 Å². The highest BCUT2D eigenvalue weighted by molar-refractivity contribution is 5.14. The molecule has 5 nitrogen and oxygen atoms in total. The van der Waals surface area contributed by atoms with E-state index in [1.807, 2.05) is 0 Å². The minimum absolute atomic E-state index is 0.278. The van der Waals surface area contributed by atoms with Crippen LogP contribution in [0.15, 0.2) is 0 Å². The summed E-state index contributed by atoms with van der Waals surface area (Å²) in [6.07, 6.45) is 12.8. The fraction of sp³-hybridized carbons (Fsp3) is 1.00. The molecule has 35 heavy (non-hydrogen) atoms. The van der Waals surface area contributed by atoms with Gasteiger partial charge in [0.15, 0.2) is 0 Å². The smallest absolute Gasteiger partial charge is 0.146 e. The lowest BCUT2D eigenvalue weighted by Crippen LogP contribution is -2.63. The number of fused-ring (bicyclic) bond motifs is 5. The van der Waals surface area contributed by atoms with Gasteiger partial charge >= 0.3 is 0 Å². The lowest BCUT2D eigenvalue weighted by molar-refractivity contribution is -0.239. The highest BCUT2D eigenvalue weighted by Crippen LogP contribution is 2.70. The van der Waals surface area contributed by atoms with Gasteiger partial charge in [0.2, 0.25) is 0 Å². The Hall–Kier alpha value is -0.200. The van der Waals surface area contributed by atoms with E-state index >= 15 is 0 Å². The monoisotopic (exact) mass is 494 g/mol. The minimum Gasteiger partial charge on any atom is -0.396 e. The number of methoxy groups -OCH3 is 2. The number of aliphatic hydroxyl groups excluding tert-OH is 1. The molecule has 0 aliphatic heterocycles. The van der Waals surface area contributed by atoms with Gasteiger partial charge < -0.3 is 24.1 Å². The molecule has 3 unspecified atom stereocenters. The summed E-state index contributed by atoms with van der Waals surface area (Å²) in [7, 11) is 3.49. The average Bonchev–Trinajstić information content (AvgIpc) is 3.21. The third-order valence-electron chi connectivity index (χ3n) is 11.7. The van der Waals surface area contributed by atoms with Crippen LogP contribution in [0.2, 0.25) is 0 Å². The van der Waals surface area contributed by atoms with Crippen molar-refractivity contribution in [1.29, 1.82) is 0 Å². The van der Waals surface area contributed by atoms with E-state index < -0.39 is 0 Å². The number of rotatable bonds is 11. The van der Waals surface area contributed by atoms with E-state index in [0.29, 0.717) is 60.8 Å². The number of ether oxygens (including phenoxy) is 4. The van der Waals surface area contributed by atoms with E-state index in [4.69, 9.17) is 18.9 Å². The van der Waals surface area contributed by atoms with Crippen LogP contribution in [0, 0.1) is 52.3 Å². The number of hydrogen-bond acceptors (Lipinski definition) is 5. The van der Waals surface area contributed by atoms with Gasteiger partial charge in [0.1, 0.15) is 13.6 Å². The van der Waals surface area contributed by atoms with Crippen LogP contribution in [-0.4, -0.2) is 51.7 Å². The zero-order chi connectivity index (χ0) is 25.2. The topological polar surface area (TPSA) is 57.2 Å². The molecule has 0 aromatic heterocycles. The first-order valence-corrected chi connectivity index (χ1v) is 14.7. The summed E-state index contributed by atoms with van der Waals surface area (Å²) in [5.41, 5.74) is 0.762. The van der Waals surface area contributed by atoms with Gasteiger partial charge in [-0.3, -0.25) is 0 Å². The van der Waals surface area contributed by atoms with Gasteiger partial charge in [0.25, 0.3) is 0 Å². The summed E-state index contributed by atoms with van der Waals surface area (Å²) in [6, 6.07) is 0. The molecule has 0 bridgehead atoms. The Kier molecular flexibility index (Phi) is 9.28. The van der Waals surface area contributed by atoms with E-state index in [0.717, 1.165) is 49.9 Å². The predicted octanol–water partition coefficient (Wildman–Crippen LogP) is 6.28. The number of aliphatic hydroxyl groups is 1. The van der Waals surface area contributed by atoms with Crippen LogP contribution in [-0.2, 0) is 18.9 Å². The second kappa shape index (κ2) is 11.7. The maximum Gasteiger partial charge on any atom is 0.146 e. The Bertz CT molecular complexity index is 671. The molecule has 4 aliphatic rings. The van der Waals surface area contributed by atoms with Crippen molar-refractivity contribution in [3.05, 3.63) is 0 Å². The molecule has 0 amide bonds. The SMILES string of the molecule is CC[C@H]1[C@@H](OCOC)C2C3CC[C@H]([C@H](C)CCCO)[C@@]3(C)CCC2[C@@]2(C)CC[C@@H](OCOC)C[C@@H]12. The van der Waals surface area contributed by atoms with Crippen molar-refractivity contribution in [3.8, 4) is 0 Å². The summed E-state index contributed by atoms with van der Waals surface area (Å²) < 4.78 is 23.6. The molecule has 4 rings (SSSR count). The molecule has 11 atom stereocenters. The molecule has 4 aliphatic carbocycles. The number of hydrogen-bond donors (Lipinski definition) is 1. The van der Waals surface area contributed by atoms with Crippen molar-refractivity contribution >= 4 is 0 Å². The molecule has 0 radical (unpaired) electrons. The maximum atomic E-state index is 9.44. The van der Waals surface area contributed by atoms with Crippen LogP contribution in [0.1, 0.15) is 91.9 Å². The largest absolute Gasteiger partial charge is 0.396 e. The summed E-state index contributed by atoms with van der Waals surface area (Å²) >= 11 is 0. The molecule has 4 saturated carbocycles. The average molecular weight is 495 g/mol. The van der Waals surface area contributed by atoms with Gasteiger partial charge in [-0.25, -0.2) is 0 Å². The van der Waals surface area contributed by atoms with Crippen LogP contribution in [0.5, 0.6) is 0 Å². The maximum absolute atomic E-state index is 9.44. The molecule has 1 N–H and O–H groups in total. The van der Waals surface area contributed by atoms with Gasteiger partial charge in [-0.2, -0.15) is 0 Å². The van der Waals surface area contributed by atoms with E-state index in [2.05, 4.69) is 27.7 Å². The van der Waals surface area contributed by atoms with Crippen molar-refractivity contribution in [2.75, 3.05) is 34.4 Å². The standard InChI is InChI=1S/C30H54O5/c1-7-22-26-17-21(34-18-32-5)12-14-30(26,4)25-13-15-29(3)23(20(2)9-8-16-31)10-11-24(29)27(25)28(22)35-19-33-6/h20-28,31H,7-19H2,1-6H3/t20-,21-,22-,23-,24?,25?,26+,27?,28-,29-,30-/m1/s1. The Morgan fingerprint density at radius 1 is 0.886 bits per heavy atom. The highest BCUT2D eigenvalue weighted by Gasteiger charge is 2.65. The van der Waals surface area contributed by atoms with E-state index in [1.165, 1.54) is 32.1 Å². The Morgan fingerprint density at radius 3 is 2.26 bits per heavy atom. The lowest BCUT2D eigenvalue weighted by Gasteiger charge is -2.65. The quantitative estimate of drug-likeness (QED) is 0.343. The summed E-state index contributed by atoms with van der Waals surface area (Å²) in [5.74, 6) is 4.74. The van der Waals surface area contributed by atoms with Crippen LogP contribution >= 0.6 is 0 Å². The van der Waals surface area contributed by atoms with E-state index in [1.54, 1.807) is 14.2 Å². The van der Waals surface area contributed by atoms with Crippen molar-refractivity contribution in [2.24, 2.45) is 52.3 Å². The van der Waals surface area contributed by atoms with Crippen LogP contribution in [0.4, 0.5) is 0 Å². The molecule has 204 valence electrons. The van der Waals surface area contributed by atoms with Crippen molar-refractivity contribution in [1.82, 2.24) is 0 Å². The van der Waals surface area contributed by atoms with Crippen LogP contribution < -0.4 is 0 Å². The second-order valence-corrected chi connectivity index (χ2v) is 13.1. The zero-order valence-electron chi connectivity index (χ0n) is 23.5. The minimum atomic E-state index is 0.278. The van der Waals surface area contributed by atoms with Crippen molar-refractivity contribution in [3.63, 3.8) is 0 Å². The summed E-state index contributed by atoms with van der Waals surface area (Å²) in [6.45, 7) is 11.2. The third-order valence-corrected chi connectivity index (χ3v) is 11.7. The van der Waals surface area contributed by atoms with Gasteiger partial charge in [0, 0.05) is 20.8 Å². The van der Waals surface area contributed by atoms with Gasteiger partial charge in [0.05, 0.1) is 12.2 Å². The van der Waals surface area contributed by atoms with Gasteiger partial charge in [-0.1, -0.05) is 34.1 Å². The molecular formula is C30H54O5. The molecule has 0 heterocycles. The first-order chi connectivity index (χ1) is 16.9. The van der Waals surface area contributed by atoms with E-state index in [9.17, 15) is 5.11 Å². The van der Waals surface area contributed by atoms with Crippen LogP contribution in [0.3, 0.4) is 0 Å². The fourth-order valence-corrected chi connectivity index (χ4v) is 10.2. The third kappa shape index (κ3) is 4.99. The molecule has 0 aromatic rings. The van der Waals surface area contributed by atoms with Crippen LogP contribution in [0.25, 0.3) is 0 Å². The fourth-order valence-electron chi connectivity index (χ4n) is 10.2. The van der Waals surface area contributed by atoms with E-state index in [-0.39, 0.29) is 6.10 Å². The lowest BCUT2D eigenvalue weighted by atomic mass is 9.41. The molecule has 5 heteroatoms. The first-order valence-electron chi connectivity index (χ1n) is 14.7. The van der Waals surface area contributed by atoms with Gasteiger partial charge in [-0.15, -0.1) is 0 Å². The first kappa shape index (κ1) is 27.8. The molecular weight excluding hydrogens is 440 g/mol. The zero-order valence-corrected chi connectivity index (χ0v) is 23.5. The molecule has 4 fully saturated rings. The predicted molar refractivity (Wildman–Crippen MR) is 139 cm³/mol. The van der Waals surface area contributed by atoms with Crippen molar-refractivity contribution in [2.45, 2.75) is 104 Å². The second-order valence-electron chi connectivity index (χ2n) is 13.1.